The molecule has 2 saturated heterocycles. The number of benzene rings is 2. The van der Waals surface area contributed by atoms with Crippen molar-refractivity contribution in [3.8, 4) is 5.75 Å². The molecule has 0 saturated carbocycles. The van der Waals surface area contributed by atoms with Crippen LogP contribution in [0.2, 0.25) is 0 Å². The Labute approximate surface area is 199 Å². The zero-order valence-corrected chi connectivity index (χ0v) is 20.0. The highest BCUT2D eigenvalue weighted by molar-refractivity contribution is 7.89. The van der Waals surface area contributed by atoms with Crippen molar-refractivity contribution < 1.29 is 27.1 Å². The minimum atomic E-state index is -3.66. The van der Waals surface area contributed by atoms with Crippen LogP contribution in [-0.4, -0.2) is 76.7 Å². The van der Waals surface area contributed by atoms with Crippen molar-refractivity contribution >= 4 is 15.9 Å². The maximum Gasteiger partial charge on any atom is 0.253 e. The van der Waals surface area contributed by atoms with Gasteiger partial charge in [-0.05, 0) is 55.3 Å². The average molecular weight is 492 g/mol. The Hall–Kier alpha value is -2.53. The van der Waals surface area contributed by atoms with E-state index < -0.39 is 10.0 Å². The Morgan fingerprint density at radius 2 is 1.88 bits per heavy atom. The summed E-state index contributed by atoms with van der Waals surface area (Å²) in [4.78, 5) is 16.9. The molecule has 0 unspecified atom stereocenters. The van der Waals surface area contributed by atoms with Gasteiger partial charge in [0.2, 0.25) is 10.0 Å². The van der Waals surface area contributed by atoms with E-state index in [-0.39, 0.29) is 29.3 Å². The molecule has 10 heteroatoms. The van der Waals surface area contributed by atoms with Crippen LogP contribution in [0.5, 0.6) is 5.75 Å². The number of carbonyl (C=O) groups excluding carboxylic acids is 1. The number of nitrogens with zero attached hydrogens (tertiary/aromatic N) is 2. The SMILES string of the molecule is COc1ccc(F)cc1CN1CCN(C(=O)c2ccc(S(=O)(=O)NC[C@@H]3CCCO3)cc2)CC1. The van der Waals surface area contributed by atoms with E-state index in [1.165, 1.54) is 24.3 Å². The maximum absolute atomic E-state index is 13.6. The number of methoxy groups -OCH3 is 1. The first-order valence-electron chi connectivity index (χ1n) is 11.4. The van der Waals surface area contributed by atoms with E-state index >= 15 is 0 Å². The highest BCUT2D eigenvalue weighted by Crippen LogP contribution is 2.22. The fraction of sp³-hybridized carbons (Fsp3) is 0.458. The molecule has 0 spiro atoms. The molecule has 8 nitrogen and oxygen atoms in total. The smallest absolute Gasteiger partial charge is 0.253 e. The molecule has 2 heterocycles. The largest absolute Gasteiger partial charge is 0.496 e. The Balaban J connectivity index is 1.31. The Morgan fingerprint density at radius 1 is 1.15 bits per heavy atom. The van der Waals surface area contributed by atoms with Gasteiger partial charge in [0.05, 0.1) is 18.1 Å². The predicted molar refractivity (Wildman–Crippen MR) is 125 cm³/mol. The third-order valence-electron chi connectivity index (χ3n) is 6.23. The lowest BCUT2D eigenvalue weighted by molar-refractivity contribution is 0.0627. The fourth-order valence-corrected chi connectivity index (χ4v) is 5.34. The van der Waals surface area contributed by atoms with Gasteiger partial charge in [0, 0.05) is 57.0 Å². The van der Waals surface area contributed by atoms with Crippen molar-refractivity contribution in [1.29, 1.82) is 0 Å². The number of rotatable bonds is 8. The normalized spacial score (nSPS) is 19.4. The third-order valence-corrected chi connectivity index (χ3v) is 7.67. The summed E-state index contributed by atoms with van der Waals surface area (Å²) in [6, 6.07) is 10.5. The van der Waals surface area contributed by atoms with Crippen LogP contribution in [0, 0.1) is 5.82 Å². The van der Waals surface area contributed by atoms with E-state index in [4.69, 9.17) is 9.47 Å². The molecule has 2 aromatic rings. The van der Waals surface area contributed by atoms with E-state index in [1.807, 2.05) is 0 Å². The molecule has 1 amide bonds. The fourth-order valence-electron chi connectivity index (χ4n) is 4.27. The molecular formula is C24H30FN3O5S. The van der Waals surface area contributed by atoms with Gasteiger partial charge in [-0.2, -0.15) is 0 Å². The predicted octanol–water partition coefficient (Wildman–Crippen LogP) is 2.25. The molecule has 0 aliphatic carbocycles. The van der Waals surface area contributed by atoms with Crippen LogP contribution in [0.1, 0.15) is 28.8 Å². The van der Waals surface area contributed by atoms with E-state index in [0.717, 1.165) is 18.4 Å². The van der Waals surface area contributed by atoms with E-state index in [0.29, 0.717) is 50.6 Å². The molecule has 2 aliphatic rings. The van der Waals surface area contributed by atoms with Gasteiger partial charge in [-0.25, -0.2) is 17.5 Å². The first-order chi connectivity index (χ1) is 16.4. The second-order valence-corrected chi connectivity index (χ2v) is 10.3. The van der Waals surface area contributed by atoms with Gasteiger partial charge < -0.3 is 14.4 Å². The summed E-state index contributed by atoms with van der Waals surface area (Å²) in [5.41, 5.74) is 1.21. The first kappa shape index (κ1) is 24.6. The summed E-state index contributed by atoms with van der Waals surface area (Å²) >= 11 is 0. The lowest BCUT2D eigenvalue weighted by Gasteiger charge is -2.35. The number of carbonyl (C=O) groups is 1. The minimum Gasteiger partial charge on any atom is -0.496 e. The summed E-state index contributed by atoms with van der Waals surface area (Å²) < 4.78 is 52.0. The van der Waals surface area contributed by atoms with Crippen LogP contribution in [0.15, 0.2) is 47.4 Å². The molecule has 0 bridgehead atoms. The van der Waals surface area contributed by atoms with E-state index in [2.05, 4.69) is 9.62 Å². The molecular weight excluding hydrogens is 461 g/mol. The van der Waals surface area contributed by atoms with Crippen LogP contribution in [-0.2, 0) is 21.3 Å². The van der Waals surface area contributed by atoms with Crippen LogP contribution in [0.25, 0.3) is 0 Å². The number of amides is 1. The number of sulfonamides is 1. The summed E-state index contributed by atoms with van der Waals surface area (Å²) in [6.45, 7) is 3.79. The lowest BCUT2D eigenvalue weighted by atomic mass is 10.1. The molecule has 0 aromatic heterocycles. The maximum atomic E-state index is 13.6. The van der Waals surface area contributed by atoms with Gasteiger partial charge in [-0.15, -0.1) is 0 Å². The first-order valence-corrected chi connectivity index (χ1v) is 12.9. The van der Waals surface area contributed by atoms with Crippen molar-refractivity contribution in [2.75, 3.05) is 46.4 Å². The lowest BCUT2D eigenvalue weighted by Crippen LogP contribution is -2.48. The van der Waals surface area contributed by atoms with Crippen molar-refractivity contribution in [2.45, 2.75) is 30.4 Å². The molecule has 0 radical (unpaired) electrons. The van der Waals surface area contributed by atoms with Crippen LogP contribution >= 0.6 is 0 Å². The second-order valence-electron chi connectivity index (χ2n) is 8.54. The highest BCUT2D eigenvalue weighted by Gasteiger charge is 2.24. The van der Waals surface area contributed by atoms with Crippen LogP contribution in [0.4, 0.5) is 4.39 Å². The Morgan fingerprint density at radius 3 is 2.53 bits per heavy atom. The van der Waals surface area contributed by atoms with Gasteiger partial charge >= 0.3 is 0 Å². The molecule has 2 aliphatic heterocycles. The molecule has 2 aromatic carbocycles. The van der Waals surface area contributed by atoms with Crippen molar-refractivity contribution in [1.82, 2.24) is 14.5 Å². The summed E-state index contributed by atoms with van der Waals surface area (Å²) in [7, 11) is -2.10. The van der Waals surface area contributed by atoms with Crippen molar-refractivity contribution in [3.05, 3.63) is 59.4 Å². The molecule has 4 rings (SSSR count). The van der Waals surface area contributed by atoms with Crippen molar-refractivity contribution in [3.63, 3.8) is 0 Å². The Kier molecular flexibility index (Phi) is 7.82. The Bertz CT molecular complexity index is 1100. The quantitative estimate of drug-likeness (QED) is 0.610. The number of ether oxygens (including phenoxy) is 2. The minimum absolute atomic E-state index is 0.0868. The summed E-state index contributed by atoms with van der Waals surface area (Å²) in [5, 5.41) is 0. The van der Waals surface area contributed by atoms with Crippen LogP contribution in [0.3, 0.4) is 0 Å². The standard InChI is InChI=1S/C24H30FN3O5S/c1-32-23-9-6-20(25)15-19(23)17-27-10-12-28(13-11-27)24(29)18-4-7-22(8-5-18)34(30,31)26-16-21-3-2-14-33-21/h4-9,15,21,26H,2-3,10-14,16-17H2,1H3/t21-/m0/s1. The van der Waals surface area contributed by atoms with E-state index in [1.54, 1.807) is 30.2 Å². The van der Waals surface area contributed by atoms with Gasteiger partial charge in [-0.1, -0.05) is 0 Å². The second kappa shape index (κ2) is 10.8. The number of hydrogen-bond donors (Lipinski definition) is 1. The highest BCUT2D eigenvalue weighted by atomic mass is 32.2. The average Bonchev–Trinajstić information content (AvgIpc) is 3.37. The van der Waals surface area contributed by atoms with Crippen LogP contribution < -0.4 is 9.46 Å². The molecule has 184 valence electrons. The topological polar surface area (TPSA) is 88.2 Å². The molecule has 2 fully saturated rings. The van der Waals surface area contributed by atoms with Crippen molar-refractivity contribution in [2.24, 2.45) is 0 Å². The summed E-state index contributed by atoms with van der Waals surface area (Å²) in [5.74, 6) is 0.191. The van der Waals surface area contributed by atoms with E-state index in [9.17, 15) is 17.6 Å². The molecule has 1 N–H and O–H groups in total. The zero-order valence-electron chi connectivity index (χ0n) is 19.2. The zero-order chi connectivity index (χ0) is 24.1. The molecule has 1 atom stereocenters. The van der Waals surface area contributed by atoms with Gasteiger partial charge in [0.25, 0.3) is 5.91 Å². The summed E-state index contributed by atoms with van der Waals surface area (Å²) in [6.07, 6.45) is 1.70. The number of nitrogens with one attached hydrogen (secondary N) is 1. The monoisotopic (exact) mass is 491 g/mol. The van der Waals surface area contributed by atoms with Gasteiger partial charge in [0.15, 0.2) is 0 Å². The third kappa shape index (κ3) is 5.93. The van der Waals surface area contributed by atoms with Gasteiger partial charge in [-0.3, -0.25) is 9.69 Å². The number of piperazine rings is 1. The molecule has 34 heavy (non-hydrogen) atoms. The number of hydrogen-bond acceptors (Lipinski definition) is 6. The van der Waals surface area contributed by atoms with Gasteiger partial charge in [0.1, 0.15) is 11.6 Å². The number of halogens is 1.